The summed E-state index contributed by atoms with van der Waals surface area (Å²) in [7, 11) is -3.39. The molecule has 1 saturated heterocycles. The van der Waals surface area contributed by atoms with Crippen LogP contribution in [0.3, 0.4) is 0 Å². The van der Waals surface area contributed by atoms with E-state index in [-0.39, 0.29) is 35.7 Å². The Kier molecular flexibility index (Phi) is 5.68. The molecule has 28 heavy (non-hydrogen) atoms. The minimum Gasteiger partial charge on any atom is -0.409 e. The second kappa shape index (κ2) is 7.86. The van der Waals surface area contributed by atoms with Crippen LogP contribution in [0.4, 0.5) is 0 Å². The molecule has 0 aliphatic carbocycles. The van der Waals surface area contributed by atoms with Crippen LogP contribution in [0.2, 0.25) is 0 Å². The smallest absolute Gasteiger partial charge is 0.295 e. The molecule has 2 aromatic rings. The van der Waals surface area contributed by atoms with Gasteiger partial charge < -0.3 is 20.0 Å². The van der Waals surface area contributed by atoms with Crippen molar-refractivity contribution in [1.82, 2.24) is 9.71 Å². The van der Waals surface area contributed by atoms with Crippen molar-refractivity contribution in [3.63, 3.8) is 0 Å². The number of hydrogen-bond donors (Lipinski definition) is 1. The maximum Gasteiger partial charge on any atom is 0.295 e. The van der Waals surface area contributed by atoms with Gasteiger partial charge in [-0.2, -0.15) is 0 Å². The van der Waals surface area contributed by atoms with E-state index in [1.54, 1.807) is 13.0 Å². The second-order valence-corrected chi connectivity index (χ2v) is 8.49. The summed E-state index contributed by atoms with van der Waals surface area (Å²) in [5.74, 6) is -1.56. The summed E-state index contributed by atoms with van der Waals surface area (Å²) in [4.78, 5) is 34.3. The molecular weight excluding hydrogens is 390 g/mol. The molecule has 0 bridgehead atoms. The monoisotopic (exact) mass is 411 g/mol. The average Bonchev–Trinajstić information content (AvgIpc) is 2.63. The van der Waals surface area contributed by atoms with Crippen molar-refractivity contribution in [2.75, 3.05) is 32.7 Å². The van der Waals surface area contributed by atoms with Crippen molar-refractivity contribution in [2.45, 2.75) is 18.8 Å². The minimum atomic E-state index is -3.39. The number of sulfone groups is 1. The number of nitrogens with zero attached hydrogens (tertiary/aromatic N) is 2. The Morgan fingerprint density at radius 1 is 1.39 bits per heavy atom. The van der Waals surface area contributed by atoms with Gasteiger partial charge in [-0.1, -0.05) is 6.07 Å². The third kappa shape index (κ3) is 4.01. The molecule has 3 rings (SSSR count). The Morgan fingerprint density at radius 3 is 2.71 bits per heavy atom. The molecule has 1 aliphatic rings. The highest BCUT2D eigenvalue weighted by molar-refractivity contribution is 7.89. The zero-order chi connectivity index (χ0) is 20.5. The number of benzene rings is 1. The van der Waals surface area contributed by atoms with E-state index in [0.717, 1.165) is 11.0 Å². The van der Waals surface area contributed by atoms with Gasteiger partial charge in [-0.15, -0.1) is 4.73 Å². The van der Waals surface area contributed by atoms with Crippen molar-refractivity contribution in [3.05, 3.63) is 39.4 Å². The van der Waals surface area contributed by atoms with Crippen LogP contribution in [0, 0.1) is 0 Å². The van der Waals surface area contributed by atoms with Crippen molar-refractivity contribution >= 4 is 26.6 Å². The number of primary amides is 1. The first-order chi connectivity index (χ1) is 13.2. The molecule has 1 aliphatic heterocycles. The number of amides is 1. The summed E-state index contributed by atoms with van der Waals surface area (Å²) in [5, 5.41) is 0.107. The number of aromatic nitrogens is 2. The van der Waals surface area contributed by atoms with E-state index in [2.05, 4.69) is 4.98 Å². The number of fused-ring (bicyclic) bond motifs is 1. The molecule has 0 saturated carbocycles. The molecule has 1 aromatic carbocycles. The third-order valence-corrected chi connectivity index (χ3v) is 5.00. The lowest BCUT2D eigenvalue weighted by Crippen LogP contribution is -2.36. The zero-order valence-electron chi connectivity index (χ0n) is 15.5. The van der Waals surface area contributed by atoms with Crippen LogP contribution in [-0.4, -0.2) is 56.7 Å². The lowest BCUT2D eigenvalue weighted by molar-refractivity contribution is -0.0898. The van der Waals surface area contributed by atoms with Gasteiger partial charge in [-0.05, 0) is 18.6 Å². The molecular formula is C17H21N3O7S. The predicted octanol–water partition coefficient (Wildman–Crippen LogP) is -0.424. The molecule has 10 nitrogen and oxygen atoms in total. The number of rotatable bonds is 6. The summed E-state index contributed by atoms with van der Waals surface area (Å²) in [6.07, 6.45) is 0.449. The van der Waals surface area contributed by atoms with Gasteiger partial charge in [0.1, 0.15) is 12.7 Å². The molecule has 1 fully saturated rings. The van der Waals surface area contributed by atoms with Crippen molar-refractivity contribution < 1.29 is 27.5 Å². The first kappa shape index (κ1) is 20.2. The highest BCUT2D eigenvalue weighted by atomic mass is 32.2. The molecule has 1 amide bonds. The SMILES string of the molecule is CCOn1c(C(N)=O)nc2ccc(CS(C)(=O)=O)c(C3COCCO3)c2c1=O. The van der Waals surface area contributed by atoms with E-state index in [4.69, 9.17) is 20.0 Å². The van der Waals surface area contributed by atoms with E-state index in [9.17, 15) is 18.0 Å². The normalized spacial score (nSPS) is 17.6. The van der Waals surface area contributed by atoms with Crippen LogP contribution in [0.5, 0.6) is 0 Å². The topological polar surface area (TPSA) is 140 Å². The maximum atomic E-state index is 13.2. The highest BCUT2D eigenvalue weighted by Crippen LogP contribution is 2.30. The number of hydrogen-bond acceptors (Lipinski definition) is 8. The summed E-state index contributed by atoms with van der Waals surface area (Å²) in [6.45, 7) is 2.58. The van der Waals surface area contributed by atoms with Gasteiger partial charge in [-0.3, -0.25) is 9.59 Å². The number of carbonyl (C=O) groups is 1. The quantitative estimate of drug-likeness (QED) is 0.676. The minimum absolute atomic E-state index is 0.0920. The number of ether oxygens (including phenoxy) is 2. The van der Waals surface area contributed by atoms with E-state index in [1.165, 1.54) is 6.07 Å². The number of nitrogens with two attached hydrogens (primary N) is 1. The highest BCUT2D eigenvalue weighted by Gasteiger charge is 2.28. The standard InChI is InChI=1S/C17H21N3O7S/c1-3-27-20-16(15(18)21)19-11-5-4-10(9-28(2,23)24)13(14(11)17(20)22)12-8-25-6-7-26-12/h4-5,12H,3,6-9H2,1-2H3,(H2,18,21). The van der Waals surface area contributed by atoms with Gasteiger partial charge in [0.25, 0.3) is 11.5 Å². The lowest BCUT2D eigenvalue weighted by atomic mass is 9.98. The third-order valence-electron chi connectivity index (χ3n) is 4.17. The van der Waals surface area contributed by atoms with Gasteiger partial charge in [0, 0.05) is 11.8 Å². The Hall–Kier alpha value is -2.50. The van der Waals surface area contributed by atoms with Crippen molar-refractivity contribution in [1.29, 1.82) is 0 Å². The molecule has 1 aromatic heterocycles. The average molecular weight is 411 g/mol. The Labute approximate surface area is 161 Å². The summed E-state index contributed by atoms with van der Waals surface area (Å²) >= 11 is 0. The molecule has 0 radical (unpaired) electrons. The van der Waals surface area contributed by atoms with Gasteiger partial charge in [0.2, 0.25) is 5.82 Å². The van der Waals surface area contributed by atoms with Crippen LogP contribution in [0.1, 0.15) is 34.8 Å². The molecule has 1 unspecified atom stereocenters. The summed E-state index contributed by atoms with van der Waals surface area (Å²) in [5.41, 5.74) is 5.63. The van der Waals surface area contributed by atoms with E-state index < -0.39 is 27.4 Å². The number of carbonyl (C=O) groups excluding carboxylic acids is 1. The van der Waals surface area contributed by atoms with Crippen LogP contribution in [0.15, 0.2) is 16.9 Å². The Bertz CT molecular complexity index is 1070. The zero-order valence-corrected chi connectivity index (χ0v) is 16.3. The fourth-order valence-corrected chi connectivity index (χ4v) is 3.98. The fourth-order valence-electron chi connectivity index (χ4n) is 3.16. The largest absolute Gasteiger partial charge is 0.409 e. The molecule has 152 valence electrons. The molecule has 11 heteroatoms. The second-order valence-electron chi connectivity index (χ2n) is 6.35. The Morgan fingerprint density at radius 2 is 2.14 bits per heavy atom. The molecule has 2 N–H and O–H groups in total. The lowest BCUT2D eigenvalue weighted by Gasteiger charge is -2.26. The van der Waals surface area contributed by atoms with Crippen LogP contribution in [0.25, 0.3) is 10.9 Å². The van der Waals surface area contributed by atoms with Crippen LogP contribution >= 0.6 is 0 Å². The van der Waals surface area contributed by atoms with Gasteiger partial charge in [0.05, 0.1) is 36.5 Å². The van der Waals surface area contributed by atoms with Gasteiger partial charge >= 0.3 is 0 Å². The molecule has 1 atom stereocenters. The van der Waals surface area contributed by atoms with E-state index in [0.29, 0.717) is 24.3 Å². The molecule has 2 heterocycles. The van der Waals surface area contributed by atoms with Crippen LogP contribution in [-0.2, 0) is 25.1 Å². The van der Waals surface area contributed by atoms with Gasteiger partial charge in [-0.25, -0.2) is 13.4 Å². The van der Waals surface area contributed by atoms with Crippen molar-refractivity contribution in [2.24, 2.45) is 5.73 Å². The summed E-state index contributed by atoms with van der Waals surface area (Å²) < 4.78 is 35.7. The van der Waals surface area contributed by atoms with E-state index in [1.807, 2.05) is 0 Å². The predicted molar refractivity (Wildman–Crippen MR) is 99.7 cm³/mol. The van der Waals surface area contributed by atoms with Crippen LogP contribution < -0.4 is 16.1 Å². The Balaban J connectivity index is 2.37. The summed E-state index contributed by atoms with van der Waals surface area (Å²) in [6, 6.07) is 3.03. The van der Waals surface area contributed by atoms with Gasteiger partial charge in [0.15, 0.2) is 9.84 Å². The molecule has 0 spiro atoms. The van der Waals surface area contributed by atoms with E-state index >= 15 is 0 Å². The fraction of sp³-hybridized carbons (Fsp3) is 0.471. The first-order valence-electron chi connectivity index (χ1n) is 8.61. The first-order valence-corrected chi connectivity index (χ1v) is 10.7. The van der Waals surface area contributed by atoms with Crippen molar-refractivity contribution in [3.8, 4) is 0 Å². The maximum absolute atomic E-state index is 13.2.